The minimum Gasteiger partial charge on any atom is -0.315 e. The molecule has 0 spiro atoms. The van der Waals surface area contributed by atoms with E-state index in [-0.39, 0.29) is 5.92 Å². The van der Waals surface area contributed by atoms with Crippen LogP contribution in [0.4, 0.5) is 4.39 Å². The molecule has 0 amide bonds. The lowest BCUT2D eigenvalue weighted by atomic mass is 9.95. The van der Waals surface area contributed by atoms with Crippen LogP contribution in [0.3, 0.4) is 0 Å². The summed E-state index contributed by atoms with van der Waals surface area (Å²) >= 11 is 5.69. The molecule has 1 aromatic heterocycles. The van der Waals surface area contributed by atoms with Crippen LogP contribution in [0.25, 0.3) is 0 Å². The van der Waals surface area contributed by atoms with Crippen molar-refractivity contribution in [1.82, 2.24) is 10.3 Å². The van der Waals surface area contributed by atoms with Gasteiger partial charge in [-0.05, 0) is 6.07 Å². The van der Waals surface area contributed by atoms with Crippen molar-refractivity contribution in [2.45, 2.75) is 5.92 Å². The van der Waals surface area contributed by atoms with Gasteiger partial charge in [0.1, 0.15) is 0 Å². The summed E-state index contributed by atoms with van der Waals surface area (Å²) in [5.41, 5.74) is 0.626. The van der Waals surface area contributed by atoms with Gasteiger partial charge in [0.25, 0.3) is 0 Å². The molecule has 0 atom stereocenters. The Morgan fingerprint density at radius 1 is 1.58 bits per heavy atom. The van der Waals surface area contributed by atoms with Gasteiger partial charge >= 0.3 is 0 Å². The second kappa shape index (κ2) is 2.99. The number of nitrogens with zero attached hydrogens (tertiary/aromatic N) is 1. The van der Waals surface area contributed by atoms with Gasteiger partial charge in [0, 0.05) is 30.8 Å². The molecular weight excluding hydrogens is 179 g/mol. The summed E-state index contributed by atoms with van der Waals surface area (Å²) in [6, 6.07) is 1.65. The van der Waals surface area contributed by atoms with Crippen molar-refractivity contribution in [2.24, 2.45) is 0 Å². The molecule has 0 saturated carbocycles. The number of nitrogens with one attached hydrogen (secondary N) is 1. The summed E-state index contributed by atoms with van der Waals surface area (Å²) in [7, 11) is 0. The summed E-state index contributed by atoms with van der Waals surface area (Å²) in [6.07, 6.45) is 1.33. The molecule has 1 aliphatic heterocycles. The van der Waals surface area contributed by atoms with E-state index in [1.54, 1.807) is 6.07 Å². The first-order valence-corrected chi connectivity index (χ1v) is 4.17. The molecule has 0 aliphatic carbocycles. The van der Waals surface area contributed by atoms with Crippen molar-refractivity contribution in [3.63, 3.8) is 0 Å². The summed E-state index contributed by atoms with van der Waals surface area (Å²) in [6.45, 7) is 1.64. The van der Waals surface area contributed by atoms with Crippen molar-refractivity contribution in [1.29, 1.82) is 0 Å². The number of hydrogen-bond donors (Lipinski definition) is 1. The van der Waals surface area contributed by atoms with E-state index in [2.05, 4.69) is 10.3 Å². The van der Waals surface area contributed by atoms with Crippen molar-refractivity contribution in [3.8, 4) is 0 Å². The fraction of sp³-hybridized carbons (Fsp3) is 0.375. The molecule has 64 valence electrons. The topological polar surface area (TPSA) is 24.9 Å². The third-order valence-corrected chi connectivity index (χ3v) is 2.26. The fourth-order valence-electron chi connectivity index (χ4n) is 1.23. The lowest BCUT2D eigenvalue weighted by Crippen LogP contribution is -2.40. The largest absolute Gasteiger partial charge is 0.315 e. The van der Waals surface area contributed by atoms with Crippen LogP contribution < -0.4 is 5.32 Å². The Hall–Kier alpha value is -0.670. The molecule has 1 N–H and O–H groups in total. The molecule has 1 saturated heterocycles. The number of pyridine rings is 1. The van der Waals surface area contributed by atoms with Crippen LogP contribution in [0.5, 0.6) is 0 Å². The van der Waals surface area contributed by atoms with Gasteiger partial charge in [0.2, 0.25) is 5.95 Å². The average Bonchev–Trinajstić information content (AvgIpc) is 1.93. The number of aromatic nitrogens is 1. The summed E-state index contributed by atoms with van der Waals surface area (Å²) in [5.74, 6) is -0.151. The van der Waals surface area contributed by atoms with Gasteiger partial charge in [-0.3, -0.25) is 0 Å². The molecule has 2 nitrogen and oxygen atoms in total. The van der Waals surface area contributed by atoms with Gasteiger partial charge in [-0.25, -0.2) is 4.98 Å². The Morgan fingerprint density at radius 3 is 2.92 bits per heavy atom. The Bertz CT molecular complexity index is 299. The zero-order valence-corrected chi connectivity index (χ0v) is 7.11. The monoisotopic (exact) mass is 186 g/mol. The molecule has 12 heavy (non-hydrogen) atoms. The normalized spacial score (nSPS) is 17.5. The molecule has 0 aromatic carbocycles. The van der Waals surface area contributed by atoms with Gasteiger partial charge < -0.3 is 5.32 Å². The van der Waals surface area contributed by atoms with Crippen molar-refractivity contribution < 1.29 is 4.39 Å². The molecule has 0 unspecified atom stereocenters. The first kappa shape index (κ1) is 7.95. The second-order valence-corrected chi connectivity index (χ2v) is 3.33. The quantitative estimate of drug-likeness (QED) is 0.674. The molecule has 1 aliphatic rings. The van der Waals surface area contributed by atoms with Gasteiger partial charge in [-0.2, -0.15) is 4.39 Å². The highest BCUT2D eigenvalue weighted by Crippen LogP contribution is 2.23. The number of hydrogen-bond acceptors (Lipinski definition) is 2. The smallest absolute Gasteiger partial charge is 0.216 e. The first-order chi connectivity index (χ1) is 5.77. The van der Waals surface area contributed by atoms with Gasteiger partial charge in [-0.15, -0.1) is 0 Å². The summed E-state index contributed by atoms with van der Waals surface area (Å²) < 4.78 is 13.0. The number of halogens is 2. The van der Waals surface area contributed by atoms with Crippen LogP contribution in [-0.2, 0) is 0 Å². The van der Waals surface area contributed by atoms with Crippen molar-refractivity contribution in [2.75, 3.05) is 13.1 Å². The van der Waals surface area contributed by atoms with Crippen LogP contribution in [0.2, 0.25) is 5.02 Å². The number of rotatable bonds is 1. The Balaban J connectivity index is 2.34. The Morgan fingerprint density at radius 2 is 2.33 bits per heavy atom. The maximum absolute atomic E-state index is 13.0. The second-order valence-electron chi connectivity index (χ2n) is 2.89. The predicted molar refractivity (Wildman–Crippen MR) is 44.8 cm³/mol. The van der Waals surface area contributed by atoms with E-state index in [1.165, 1.54) is 6.20 Å². The van der Waals surface area contributed by atoms with E-state index in [9.17, 15) is 4.39 Å². The van der Waals surface area contributed by atoms with Gasteiger partial charge in [0.15, 0.2) is 0 Å². The Kier molecular flexibility index (Phi) is 1.98. The van der Waals surface area contributed by atoms with Gasteiger partial charge in [-0.1, -0.05) is 11.6 Å². The van der Waals surface area contributed by atoms with Crippen LogP contribution in [0.1, 0.15) is 11.5 Å². The summed E-state index contributed by atoms with van der Waals surface area (Å²) in [4.78, 5) is 3.56. The molecule has 0 bridgehead atoms. The third-order valence-electron chi connectivity index (χ3n) is 2.05. The van der Waals surface area contributed by atoms with E-state index in [0.717, 1.165) is 13.1 Å². The third kappa shape index (κ3) is 1.30. The maximum Gasteiger partial charge on any atom is 0.216 e. The average molecular weight is 187 g/mol. The highest BCUT2D eigenvalue weighted by Gasteiger charge is 2.22. The van der Waals surface area contributed by atoms with Gasteiger partial charge in [0.05, 0.1) is 5.02 Å². The molecule has 1 aromatic rings. The van der Waals surface area contributed by atoms with Crippen LogP contribution in [0, 0.1) is 5.95 Å². The van der Waals surface area contributed by atoms with E-state index in [1.807, 2.05) is 0 Å². The molecule has 2 heterocycles. The predicted octanol–water partition coefficient (Wildman–Crippen LogP) is 1.56. The van der Waals surface area contributed by atoms with E-state index in [0.29, 0.717) is 10.6 Å². The standard InChI is InChI=1S/C8H8ClFN2/c9-6-1-7(5-2-11-3-5)8(10)12-4-6/h1,4-5,11H,2-3H2. The maximum atomic E-state index is 13.0. The van der Waals surface area contributed by atoms with Crippen molar-refractivity contribution in [3.05, 3.63) is 28.8 Å². The van der Waals surface area contributed by atoms with Crippen LogP contribution in [-0.4, -0.2) is 18.1 Å². The molecule has 0 radical (unpaired) electrons. The van der Waals surface area contributed by atoms with E-state index >= 15 is 0 Å². The fourth-order valence-corrected chi connectivity index (χ4v) is 1.40. The molecule has 1 fully saturated rings. The Labute approximate surface area is 74.8 Å². The van der Waals surface area contributed by atoms with E-state index in [4.69, 9.17) is 11.6 Å². The van der Waals surface area contributed by atoms with E-state index < -0.39 is 5.95 Å². The molecule has 2 rings (SSSR count). The van der Waals surface area contributed by atoms with Crippen molar-refractivity contribution >= 4 is 11.6 Å². The lowest BCUT2D eigenvalue weighted by Gasteiger charge is -2.27. The zero-order valence-electron chi connectivity index (χ0n) is 6.35. The minimum absolute atomic E-state index is 0.246. The highest BCUT2D eigenvalue weighted by atomic mass is 35.5. The highest BCUT2D eigenvalue weighted by molar-refractivity contribution is 6.30. The first-order valence-electron chi connectivity index (χ1n) is 3.79. The van der Waals surface area contributed by atoms with Crippen LogP contribution in [0.15, 0.2) is 12.3 Å². The molecule has 4 heteroatoms. The summed E-state index contributed by atoms with van der Waals surface area (Å²) in [5, 5.41) is 3.57. The van der Waals surface area contributed by atoms with Crippen LogP contribution >= 0.6 is 11.6 Å². The molecular formula is C8H8ClFN2. The minimum atomic E-state index is -0.397. The zero-order chi connectivity index (χ0) is 8.55. The SMILES string of the molecule is Fc1ncc(Cl)cc1C1CNC1. The lowest BCUT2D eigenvalue weighted by molar-refractivity contribution is 0.424.